The summed E-state index contributed by atoms with van der Waals surface area (Å²) in [7, 11) is 0. The maximum atomic E-state index is 0. The summed E-state index contributed by atoms with van der Waals surface area (Å²) in [5.41, 5.74) is 0. The molecule has 13 heteroatoms. The Hall–Kier alpha value is 3.36. The largest absolute Gasteiger partial charge is 4.00 e. The second-order valence-corrected chi connectivity index (χ2v) is 0. The fourth-order valence-electron chi connectivity index (χ4n) is 0. The first kappa shape index (κ1) is 342. The summed E-state index contributed by atoms with van der Waals surface area (Å²) < 4.78 is 0. The molecule has 13 heavy (non-hydrogen) atoms. The van der Waals surface area contributed by atoms with E-state index in [2.05, 4.69) is 0 Å². The molecular formula is Co2Li2O7Ti2. The Kier molecular flexibility index (Phi) is 7400. The molecule has 0 fully saturated rings. The average Bonchev–Trinajstić information content (AvgIpc) is 0. The Labute approximate surface area is 151 Å². The van der Waals surface area contributed by atoms with Crippen molar-refractivity contribution >= 4 is 0 Å². The average molecular weight is 339 g/mol. The number of hydrogen-bond acceptors (Lipinski definition) is 0. The molecule has 0 aromatic rings. The van der Waals surface area contributed by atoms with E-state index in [0.29, 0.717) is 0 Å². The maximum Gasteiger partial charge on any atom is 4.00 e. The molecule has 0 heterocycles. The first-order valence-electron chi connectivity index (χ1n) is 0. The van der Waals surface area contributed by atoms with E-state index < -0.39 is 0 Å². The standard InChI is InChI=1S/2Co.2Li.7O.2Ti/q2*+2;2*+1;7*-2;2*+4. The summed E-state index contributed by atoms with van der Waals surface area (Å²) in [4.78, 5) is 0. The predicted octanol–water partition coefficient (Wildman–Crippen LogP) is -6.83. The zero-order valence-corrected chi connectivity index (χ0v) is 11.7. The zero-order chi connectivity index (χ0) is 0. The Morgan fingerprint density at radius 3 is 0.308 bits per heavy atom. The van der Waals surface area contributed by atoms with E-state index in [-0.39, 0.29) is 153 Å². The SMILES string of the molecule is [Co+2].[Co+2].[Li+].[Li+].[O-2].[O-2].[O-2].[O-2].[O-2].[O-2].[O-2].[Ti+4].[Ti+4]. The molecule has 0 aromatic heterocycles. The van der Waals surface area contributed by atoms with Crippen LogP contribution in [-0.2, 0) is 115 Å². The number of rotatable bonds is 0. The molecule has 0 saturated heterocycles. The first-order valence-corrected chi connectivity index (χ1v) is 0. The van der Waals surface area contributed by atoms with Gasteiger partial charge in [0.2, 0.25) is 0 Å². The van der Waals surface area contributed by atoms with Gasteiger partial charge in [0.05, 0.1) is 0 Å². The van der Waals surface area contributed by atoms with Gasteiger partial charge in [-0.05, 0) is 0 Å². The van der Waals surface area contributed by atoms with E-state index in [1.165, 1.54) is 0 Å². The first-order chi connectivity index (χ1) is 0. The minimum Gasteiger partial charge on any atom is -2.00 e. The van der Waals surface area contributed by atoms with E-state index >= 15 is 0 Å². The fourth-order valence-corrected chi connectivity index (χ4v) is 0. The van der Waals surface area contributed by atoms with E-state index in [9.17, 15) is 0 Å². The molecule has 0 bridgehead atoms. The van der Waals surface area contributed by atoms with Crippen molar-refractivity contribution in [3.63, 3.8) is 0 Å². The van der Waals surface area contributed by atoms with E-state index in [1.807, 2.05) is 0 Å². The quantitative estimate of drug-likeness (QED) is 0.378. The van der Waals surface area contributed by atoms with Gasteiger partial charge in [0, 0.05) is 0 Å². The van der Waals surface area contributed by atoms with Crippen LogP contribution in [0.15, 0.2) is 0 Å². The molecule has 0 aliphatic rings. The van der Waals surface area contributed by atoms with Gasteiger partial charge < -0.3 is 38.3 Å². The second kappa shape index (κ2) is 281. The molecule has 0 aliphatic carbocycles. The summed E-state index contributed by atoms with van der Waals surface area (Å²) in [5.74, 6) is 0. The monoisotopic (exact) mass is 340 g/mol. The van der Waals surface area contributed by atoms with Gasteiger partial charge in [-0.1, -0.05) is 0 Å². The summed E-state index contributed by atoms with van der Waals surface area (Å²) >= 11 is 0. The Morgan fingerprint density at radius 1 is 0.308 bits per heavy atom. The van der Waals surface area contributed by atoms with Gasteiger partial charge in [-0.3, -0.25) is 0 Å². The zero-order valence-electron chi connectivity index (χ0n) is 6.52. The van der Waals surface area contributed by atoms with Crippen LogP contribution in [0.3, 0.4) is 0 Å². The van der Waals surface area contributed by atoms with Crippen LogP contribution in [0.1, 0.15) is 0 Å². The summed E-state index contributed by atoms with van der Waals surface area (Å²) in [5, 5.41) is 0. The van der Waals surface area contributed by atoms with Gasteiger partial charge in [0.25, 0.3) is 0 Å². The van der Waals surface area contributed by atoms with Gasteiger partial charge in [-0.25, -0.2) is 0 Å². The molecule has 0 amide bonds. The van der Waals surface area contributed by atoms with Crippen LogP contribution in [-0.4, -0.2) is 0 Å². The normalized spacial score (nSPS) is 0. The molecule has 70 valence electrons. The Bertz CT molecular complexity index is 22.5. The Morgan fingerprint density at radius 2 is 0.308 bits per heavy atom. The summed E-state index contributed by atoms with van der Waals surface area (Å²) in [6, 6.07) is 0. The molecule has 0 saturated carbocycles. The third-order valence-electron chi connectivity index (χ3n) is 0. The smallest absolute Gasteiger partial charge is 2.00 e. The van der Waals surface area contributed by atoms with Gasteiger partial charge >= 0.3 is 115 Å². The second-order valence-electron chi connectivity index (χ2n) is 0. The maximum absolute atomic E-state index is 0. The molecule has 0 aromatic carbocycles. The molecule has 0 spiro atoms. The molecule has 7 nitrogen and oxygen atoms in total. The van der Waals surface area contributed by atoms with Gasteiger partial charge in [0.1, 0.15) is 0 Å². The van der Waals surface area contributed by atoms with E-state index in [1.54, 1.807) is 0 Å². The summed E-state index contributed by atoms with van der Waals surface area (Å²) in [6.07, 6.45) is 0. The van der Waals surface area contributed by atoms with Crippen LogP contribution in [0.5, 0.6) is 0 Å². The minimum absolute atomic E-state index is 0. The van der Waals surface area contributed by atoms with Crippen molar-refractivity contribution in [2.45, 2.75) is 0 Å². The van der Waals surface area contributed by atoms with Gasteiger partial charge in [-0.15, -0.1) is 0 Å². The third-order valence-corrected chi connectivity index (χ3v) is 0. The molecule has 0 atom stereocenters. The van der Waals surface area contributed by atoms with Crippen molar-refractivity contribution in [1.29, 1.82) is 0 Å². The van der Waals surface area contributed by atoms with Crippen molar-refractivity contribution in [3.05, 3.63) is 0 Å². The fraction of sp³-hybridized carbons (Fsp3) is 0. The van der Waals surface area contributed by atoms with Crippen molar-refractivity contribution in [2.24, 2.45) is 0 Å². The molecule has 0 rings (SSSR count). The van der Waals surface area contributed by atoms with Crippen molar-refractivity contribution in [1.82, 2.24) is 0 Å². The molecule has 0 N–H and O–H groups in total. The van der Waals surface area contributed by atoms with Crippen molar-refractivity contribution in [3.8, 4) is 0 Å². The molecule has 0 aliphatic heterocycles. The summed E-state index contributed by atoms with van der Waals surface area (Å²) in [6.45, 7) is 0. The van der Waals surface area contributed by atoms with Crippen LogP contribution in [0, 0.1) is 0 Å². The third kappa shape index (κ3) is 243. The molecule has 2 radical (unpaired) electrons. The number of hydrogen-bond donors (Lipinski definition) is 0. The van der Waals surface area contributed by atoms with Crippen LogP contribution < -0.4 is 37.7 Å². The topological polar surface area (TPSA) is 200 Å². The van der Waals surface area contributed by atoms with Gasteiger partial charge in [-0.2, -0.15) is 0 Å². The molecule has 0 unspecified atom stereocenters. The van der Waals surface area contributed by atoms with Crippen LogP contribution in [0.2, 0.25) is 0 Å². The van der Waals surface area contributed by atoms with Crippen LogP contribution in [0.4, 0.5) is 0 Å². The predicted molar refractivity (Wildman–Crippen MR) is 4.81 cm³/mol. The van der Waals surface area contributed by atoms with E-state index in [4.69, 9.17) is 0 Å². The Balaban J connectivity index is 0. The van der Waals surface area contributed by atoms with Crippen LogP contribution in [0.25, 0.3) is 0 Å². The molecular weight excluding hydrogens is 339 g/mol. The van der Waals surface area contributed by atoms with Crippen LogP contribution >= 0.6 is 0 Å². The van der Waals surface area contributed by atoms with Crippen molar-refractivity contribution < 1.29 is 153 Å². The van der Waals surface area contributed by atoms with Crippen molar-refractivity contribution in [2.75, 3.05) is 0 Å². The van der Waals surface area contributed by atoms with E-state index in [0.717, 1.165) is 0 Å². The van der Waals surface area contributed by atoms with Gasteiger partial charge in [0.15, 0.2) is 0 Å². The minimum atomic E-state index is 0.